The molecule has 0 unspecified atom stereocenters. The number of fused-ring (bicyclic) bond motifs is 1. The number of carbonyl (C=O) groups is 2. The fourth-order valence-electron chi connectivity index (χ4n) is 2.70. The number of anilines is 1. The van der Waals surface area contributed by atoms with Gasteiger partial charge in [-0.1, -0.05) is 12.1 Å². The third-order valence-electron chi connectivity index (χ3n) is 3.79. The molecule has 5 heteroatoms. The number of benzene rings is 1. The SMILES string of the molecule is CNCc1ccc(NC(=O)c2coc3c2C(=O)CCC3)cc1. The maximum atomic E-state index is 12.4. The Morgan fingerprint density at radius 3 is 2.73 bits per heavy atom. The zero-order valence-corrected chi connectivity index (χ0v) is 12.4. The van der Waals surface area contributed by atoms with Gasteiger partial charge in [0, 0.05) is 25.1 Å². The van der Waals surface area contributed by atoms with Gasteiger partial charge in [0.1, 0.15) is 12.0 Å². The monoisotopic (exact) mass is 298 g/mol. The van der Waals surface area contributed by atoms with E-state index in [1.807, 2.05) is 31.3 Å². The maximum Gasteiger partial charge on any atom is 0.259 e. The Morgan fingerprint density at radius 2 is 2.00 bits per heavy atom. The molecule has 1 aliphatic rings. The van der Waals surface area contributed by atoms with E-state index >= 15 is 0 Å². The van der Waals surface area contributed by atoms with Crippen LogP contribution in [0.5, 0.6) is 0 Å². The molecule has 0 spiro atoms. The molecule has 0 fully saturated rings. The van der Waals surface area contributed by atoms with Gasteiger partial charge in [0.15, 0.2) is 5.78 Å². The van der Waals surface area contributed by atoms with E-state index in [1.54, 1.807) is 0 Å². The molecule has 2 aromatic rings. The van der Waals surface area contributed by atoms with Gasteiger partial charge in [0.2, 0.25) is 0 Å². The van der Waals surface area contributed by atoms with Crippen molar-refractivity contribution >= 4 is 17.4 Å². The number of hydrogen-bond acceptors (Lipinski definition) is 4. The molecule has 0 radical (unpaired) electrons. The number of furan rings is 1. The summed E-state index contributed by atoms with van der Waals surface area (Å²) in [6.45, 7) is 0.776. The molecule has 0 saturated carbocycles. The largest absolute Gasteiger partial charge is 0.468 e. The number of amides is 1. The van der Waals surface area contributed by atoms with E-state index in [0.717, 1.165) is 18.5 Å². The lowest BCUT2D eigenvalue weighted by atomic mass is 9.94. The van der Waals surface area contributed by atoms with Crippen molar-refractivity contribution in [1.82, 2.24) is 5.32 Å². The molecule has 0 bridgehead atoms. The van der Waals surface area contributed by atoms with E-state index in [4.69, 9.17) is 4.42 Å². The Hall–Kier alpha value is -2.40. The predicted octanol–water partition coefficient (Wildman–Crippen LogP) is 2.77. The van der Waals surface area contributed by atoms with Crippen molar-refractivity contribution in [2.24, 2.45) is 0 Å². The second-order valence-corrected chi connectivity index (χ2v) is 5.41. The van der Waals surface area contributed by atoms with Crippen LogP contribution in [0, 0.1) is 0 Å². The molecular formula is C17H18N2O3. The van der Waals surface area contributed by atoms with Gasteiger partial charge in [-0.15, -0.1) is 0 Å². The average molecular weight is 298 g/mol. The summed E-state index contributed by atoms with van der Waals surface area (Å²) < 4.78 is 5.38. The summed E-state index contributed by atoms with van der Waals surface area (Å²) in [6, 6.07) is 7.59. The summed E-state index contributed by atoms with van der Waals surface area (Å²) in [7, 11) is 1.88. The van der Waals surface area contributed by atoms with Crippen LogP contribution in [0.1, 0.15) is 44.9 Å². The number of carbonyl (C=O) groups excluding carboxylic acids is 2. The third-order valence-corrected chi connectivity index (χ3v) is 3.79. The summed E-state index contributed by atoms with van der Waals surface area (Å²) in [5.41, 5.74) is 2.62. The number of hydrogen-bond donors (Lipinski definition) is 2. The zero-order chi connectivity index (χ0) is 15.5. The Kier molecular flexibility index (Phi) is 4.06. The van der Waals surface area contributed by atoms with Crippen molar-refractivity contribution in [2.75, 3.05) is 12.4 Å². The molecule has 1 amide bonds. The van der Waals surface area contributed by atoms with Crippen LogP contribution in [0.15, 0.2) is 34.9 Å². The first-order valence-electron chi connectivity index (χ1n) is 7.37. The van der Waals surface area contributed by atoms with Gasteiger partial charge in [0.25, 0.3) is 5.91 Å². The molecule has 2 N–H and O–H groups in total. The molecule has 1 aromatic carbocycles. The Morgan fingerprint density at radius 1 is 1.23 bits per heavy atom. The number of aryl methyl sites for hydroxylation is 1. The van der Waals surface area contributed by atoms with Crippen LogP contribution in [-0.4, -0.2) is 18.7 Å². The highest BCUT2D eigenvalue weighted by molar-refractivity contribution is 6.13. The van der Waals surface area contributed by atoms with Gasteiger partial charge in [-0.2, -0.15) is 0 Å². The van der Waals surface area contributed by atoms with E-state index in [9.17, 15) is 9.59 Å². The number of Topliss-reactive ketones (excluding diaryl/α,β-unsaturated/α-hetero) is 1. The second kappa shape index (κ2) is 6.15. The van der Waals surface area contributed by atoms with Crippen molar-refractivity contribution < 1.29 is 14.0 Å². The van der Waals surface area contributed by atoms with Crippen LogP contribution in [-0.2, 0) is 13.0 Å². The van der Waals surface area contributed by atoms with Crippen LogP contribution in [0.4, 0.5) is 5.69 Å². The summed E-state index contributed by atoms with van der Waals surface area (Å²) in [5.74, 6) is 0.317. The van der Waals surface area contributed by atoms with Crippen molar-refractivity contribution in [3.63, 3.8) is 0 Å². The molecule has 1 heterocycles. The molecule has 114 valence electrons. The zero-order valence-electron chi connectivity index (χ0n) is 12.4. The van der Waals surface area contributed by atoms with Gasteiger partial charge in [-0.25, -0.2) is 0 Å². The van der Waals surface area contributed by atoms with Crippen LogP contribution in [0.25, 0.3) is 0 Å². The minimum atomic E-state index is -0.304. The van der Waals surface area contributed by atoms with Crippen molar-refractivity contribution in [3.8, 4) is 0 Å². The summed E-state index contributed by atoms with van der Waals surface area (Å²) in [6.07, 6.45) is 3.37. The molecule has 3 rings (SSSR count). The quantitative estimate of drug-likeness (QED) is 0.910. The Labute approximate surface area is 128 Å². The molecule has 0 aliphatic heterocycles. The summed E-state index contributed by atoms with van der Waals surface area (Å²) in [4.78, 5) is 24.4. The lowest BCUT2D eigenvalue weighted by Gasteiger charge is -2.10. The number of rotatable bonds is 4. The highest BCUT2D eigenvalue weighted by Gasteiger charge is 2.27. The normalized spacial score (nSPS) is 13.8. The predicted molar refractivity (Wildman–Crippen MR) is 83.1 cm³/mol. The highest BCUT2D eigenvalue weighted by Crippen LogP contribution is 2.27. The topological polar surface area (TPSA) is 71.3 Å². The minimum absolute atomic E-state index is 0.00971. The molecule has 5 nitrogen and oxygen atoms in total. The summed E-state index contributed by atoms with van der Waals surface area (Å²) >= 11 is 0. The van der Waals surface area contributed by atoms with Gasteiger partial charge >= 0.3 is 0 Å². The Balaban J connectivity index is 1.77. The molecule has 1 aliphatic carbocycles. The maximum absolute atomic E-state index is 12.4. The lowest BCUT2D eigenvalue weighted by molar-refractivity contribution is 0.0955. The second-order valence-electron chi connectivity index (χ2n) is 5.41. The number of ketones is 1. The first kappa shape index (κ1) is 14.5. The molecule has 0 saturated heterocycles. The molecular weight excluding hydrogens is 280 g/mol. The van der Waals surface area contributed by atoms with Gasteiger partial charge in [-0.3, -0.25) is 9.59 Å². The van der Waals surface area contributed by atoms with Gasteiger partial charge < -0.3 is 15.1 Å². The van der Waals surface area contributed by atoms with E-state index in [1.165, 1.54) is 6.26 Å². The van der Waals surface area contributed by atoms with Crippen LogP contribution < -0.4 is 10.6 Å². The van der Waals surface area contributed by atoms with Gasteiger partial charge in [-0.05, 0) is 31.2 Å². The average Bonchev–Trinajstić information content (AvgIpc) is 2.95. The first-order valence-corrected chi connectivity index (χ1v) is 7.37. The van der Waals surface area contributed by atoms with E-state index in [0.29, 0.717) is 35.4 Å². The van der Waals surface area contributed by atoms with Crippen LogP contribution in [0.2, 0.25) is 0 Å². The van der Waals surface area contributed by atoms with E-state index < -0.39 is 0 Å². The fourth-order valence-corrected chi connectivity index (χ4v) is 2.70. The lowest BCUT2D eigenvalue weighted by Crippen LogP contribution is -2.17. The van der Waals surface area contributed by atoms with Crippen LogP contribution >= 0.6 is 0 Å². The molecule has 1 aromatic heterocycles. The van der Waals surface area contributed by atoms with Crippen molar-refractivity contribution in [1.29, 1.82) is 0 Å². The third kappa shape index (κ3) is 2.80. The van der Waals surface area contributed by atoms with Crippen molar-refractivity contribution in [2.45, 2.75) is 25.8 Å². The van der Waals surface area contributed by atoms with E-state index in [-0.39, 0.29) is 11.7 Å². The fraction of sp³-hybridized carbons (Fsp3) is 0.294. The Bertz CT molecular complexity index is 701. The van der Waals surface area contributed by atoms with E-state index in [2.05, 4.69) is 10.6 Å². The minimum Gasteiger partial charge on any atom is -0.468 e. The van der Waals surface area contributed by atoms with Gasteiger partial charge in [0.05, 0.1) is 11.1 Å². The van der Waals surface area contributed by atoms with Crippen molar-refractivity contribution in [3.05, 3.63) is 53.0 Å². The molecule has 22 heavy (non-hydrogen) atoms. The standard InChI is InChI=1S/C17H18N2O3/c1-18-9-11-5-7-12(8-6-11)19-17(21)13-10-22-15-4-2-3-14(20)16(13)15/h5-8,10,18H,2-4,9H2,1H3,(H,19,21). The van der Waals surface area contributed by atoms with Crippen LogP contribution in [0.3, 0.4) is 0 Å². The summed E-state index contributed by atoms with van der Waals surface area (Å²) in [5, 5.41) is 5.88. The smallest absolute Gasteiger partial charge is 0.259 e. The molecule has 0 atom stereocenters. The highest BCUT2D eigenvalue weighted by atomic mass is 16.3. The number of nitrogens with one attached hydrogen (secondary N) is 2. The first-order chi connectivity index (χ1) is 10.7.